The summed E-state index contributed by atoms with van der Waals surface area (Å²) in [6.07, 6.45) is 0. The highest BCUT2D eigenvalue weighted by atomic mass is 15.1. The minimum atomic E-state index is 1.09. The Labute approximate surface area is 334 Å². The fourth-order valence-corrected chi connectivity index (χ4v) is 8.30. The normalized spacial score (nSPS) is 11.2. The lowest BCUT2D eigenvalue weighted by atomic mass is 9.89. The summed E-state index contributed by atoms with van der Waals surface area (Å²) < 4.78 is 0. The summed E-state index contributed by atoms with van der Waals surface area (Å²) in [6.45, 7) is 0. The number of rotatable bonds is 8. The zero-order valence-electron chi connectivity index (χ0n) is 31.5. The van der Waals surface area contributed by atoms with Crippen LogP contribution in [0.15, 0.2) is 237 Å². The molecule has 0 fully saturated rings. The molecule has 0 N–H and O–H groups in total. The Morgan fingerprint density at radius 3 is 1.32 bits per heavy atom. The first-order valence-electron chi connectivity index (χ1n) is 19.6. The smallest absolute Gasteiger partial charge is 0.0540 e. The molecule has 10 aromatic rings. The minimum Gasteiger partial charge on any atom is -0.310 e. The van der Waals surface area contributed by atoms with Gasteiger partial charge < -0.3 is 4.90 Å². The molecule has 0 aliphatic carbocycles. The maximum absolute atomic E-state index is 2.39. The van der Waals surface area contributed by atoms with E-state index < -0.39 is 0 Å². The Balaban J connectivity index is 1.07. The van der Waals surface area contributed by atoms with Gasteiger partial charge in [-0.25, -0.2) is 0 Å². The van der Waals surface area contributed by atoms with Crippen LogP contribution >= 0.6 is 0 Å². The highest BCUT2D eigenvalue weighted by Gasteiger charge is 2.18. The molecule has 0 saturated heterocycles. The molecule has 0 atom stereocenters. The Kier molecular flexibility index (Phi) is 8.95. The molecule has 10 rings (SSSR count). The molecule has 0 heterocycles. The van der Waals surface area contributed by atoms with Crippen molar-refractivity contribution in [3.8, 4) is 55.6 Å². The van der Waals surface area contributed by atoms with Crippen LogP contribution in [-0.2, 0) is 0 Å². The summed E-state index contributed by atoms with van der Waals surface area (Å²) in [4.78, 5) is 2.39. The van der Waals surface area contributed by atoms with Gasteiger partial charge >= 0.3 is 0 Å². The largest absolute Gasteiger partial charge is 0.310 e. The monoisotopic (exact) mass is 725 g/mol. The maximum atomic E-state index is 2.39. The maximum Gasteiger partial charge on any atom is 0.0540 e. The fourth-order valence-electron chi connectivity index (χ4n) is 8.30. The molecule has 0 aliphatic rings. The third-order valence-corrected chi connectivity index (χ3v) is 11.1. The minimum absolute atomic E-state index is 1.09. The van der Waals surface area contributed by atoms with Crippen LogP contribution < -0.4 is 4.90 Å². The van der Waals surface area contributed by atoms with E-state index in [9.17, 15) is 0 Å². The van der Waals surface area contributed by atoms with Crippen LogP contribution in [0.25, 0.3) is 77.2 Å². The van der Waals surface area contributed by atoms with Crippen molar-refractivity contribution in [2.24, 2.45) is 0 Å². The Morgan fingerprint density at radius 1 is 0.228 bits per heavy atom. The standard InChI is InChI=1S/C56H39N/c1-3-15-43(16-4-1)52-25-11-12-28-56(52)57(48-36-31-45(32-37-48)50-26-13-21-41-19-7-9-23-49(41)50)47-34-29-40(30-35-47)46-33-38-54(55(39-46)44-17-5-2-6-18-44)53-27-14-22-42-20-8-10-24-51(42)53/h1-39H. The van der Waals surface area contributed by atoms with Crippen molar-refractivity contribution >= 4 is 38.6 Å². The number of para-hydroxylation sites is 1. The van der Waals surface area contributed by atoms with Crippen molar-refractivity contribution in [1.29, 1.82) is 0 Å². The van der Waals surface area contributed by atoms with Gasteiger partial charge in [0.2, 0.25) is 0 Å². The van der Waals surface area contributed by atoms with E-state index in [4.69, 9.17) is 0 Å². The van der Waals surface area contributed by atoms with Crippen LogP contribution in [-0.4, -0.2) is 0 Å². The highest BCUT2D eigenvalue weighted by molar-refractivity contribution is 6.01. The number of hydrogen-bond donors (Lipinski definition) is 0. The van der Waals surface area contributed by atoms with Crippen LogP contribution in [0.4, 0.5) is 17.1 Å². The number of anilines is 3. The van der Waals surface area contributed by atoms with E-state index in [2.05, 4.69) is 241 Å². The topological polar surface area (TPSA) is 3.24 Å². The summed E-state index contributed by atoms with van der Waals surface area (Å²) in [6, 6.07) is 85.6. The van der Waals surface area contributed by atoms with E-state index in [0.29, 0.717) is 0 Å². The molecule has 268 valence electrons. The van der Waals surface area contributed by atoms with Gasteiger partial charge in [-0.2, -0.15) is 0 Å². The lowest BCUT2D eigenvalue weighted by Gasteiger charge is -2.28. The molecule has 1 heteroatoms. The number of fused-ring (bicyclic) bond motifs is 2. The van der Waals surface area contributed by atoms with E-state index in [-0.39, 0.29) is 0 Å². The molecule has 0 saturated carbocycles. The van der Waals surface area contributed by atoms with Crippen molar-refractivity contribution in [3.05, 3.63) is 237 Å². The van der Waals surface area contributed by atoms with Crippen LogP contribution in [0.5, 0.6) is 0 Å². The van der Waals surface area contributed by atoms with E-state index >= 15 is 0 Å². The summed E-state index contributed by atoms with van der Waals surface area (Å²) in [5, 5.41) is 5.01. The third kappa shape index (κ3) is 6.56. The van der Waals surface area contributed by atoms with Gasteiger partial charge in [0.15, 0.2) is 0 Å². The fraction of sp³-hybridized carbons (Fsp3) is 0. The summed E-state index contributed by atoms with van der Waals surface area (Å²) in [5.41, 5.74) is 15.4. The van der Waals surface area contributed by atoms with Crippen molar-refractivity contribution in [3.63, 3.8) is 0 Å². The molecule has 57 heavy (non-hydrogen) atoms. The van der Waals surface area contributed by atoms with Crippen LogP contribution in [0.3, 0.4) is 0 Å². The van der Waals surface area contributed by atoms with Gasteiger partial charge in [0.25, 0.3) is 0 Å². The van der Waals surface area contributed by atoms with Gasteiger partial charge in [-0.3, -0.25) is 0 Å². The van der Waals surface area contributed by atoms with Crippen molar-refractivity contribution in [1.82, 2.24) is 0 Å². The average molecular weight is 726 g/mol. The SMILES string of the molecule is c1ccc(-c2cc(-c3ccc(N(c4ccc(-c5cccc6ccccc56)cc4)c4ccccc4-c4ccccc4)cc3)ccc2-c2cccc3ccccc23)cc1. The predicted molar refractivity (Wildman–Crippen MR) is 243 cm³/mol. The molecule has 0 aliphatic heterocycles. The molecule has 0 unspecified atom stereocenters. The number of benzene rings is 10. The summed E-state index contributed by atoms with van der Waals surface area (Å²) in [7, 11) is 0. The molecule has 0 bridgehead atoms. The van der Waals surface area contributed by atoms with E-state index in [0.717, 1.165) is 17.1 Å². The van der Waals surface area contributed by atoms with Crippen LogP contribution in [0, 0.1) is 0 Å². The first-order valence-corrected chi connectivity index (χ1v) is 19.6. The van der Waals surface area contributed by atoms with Crippen LogP contribution in [0.2, 0.25) is 0 Å². The number of hydrogen-bond acceptors (Lipinski definition) is 1. The Hall–Kier alpha value is -7.48. The van der Waals surface area contributed by atoms with Crippen molar-refractivity contribution < 1.29 is 0 Å². The van der Waals surface area contributed by atoms with Gasteiger partial charge in [-0.1, -0.05) is 200 Å². The van der Waals surface area contributed by atoms with Gasteiger partial charge in [0.05, 0.1) is 5.69 Å². The number of nitrogens with zero attached hydrogens (tertiary/aromatic N) is 1. The molecule has 0 aromatic heterocycles. The Morgan fingerprint density at radius 2 is 0.667 bits per heavy atom. The Bertz CT molecular complexity index is 2970. The van der Waals surface area contributed by atoms with Crippen molar-refractivity contribution in [2.45, 2.75) is 0 Å². The summed E-state index contributed by atoms with van der Waals surface area (Å²) >= 11 is 0. The molecule has 1 nitrogen and oxygen atoms in total. The van der Waals surface area contributed by atoms with Gasteiger partial charge in [0, 0.05) is 16.9 Å². The predicted octanol–water partition coefficient (Wildman–Crippen LogP) is 15.8. The second-order valence-electron chi connectivity index (χ2n) is 14.5. The van der Waals surface area contributed by atoms with Crippen LogP contribution in [0.1, 0.15) is 0 Å². The van der Waals surface area contributed by atoms with E-state index in [1.54, 1.807) is 0 Å². The second-order valence-corrected chi connectivity index (χ2v) is 14.5. The second kappa shape index (κ2) is 15.0. The molecule has 0 spiro atoms. The zero-order valence-corrected chi connectivity index (χ0v) is 31.5. The lowest BCUT2D eigenvalue weighted by molar-refractivity contribution is 1.28. The van der Waals surface area contributed by atoms with E-state index in [1.165, 1.54) is 77.2 Å². The average Bonchev–Trinajstić information content (AvgIpc) is 3.30. The zero-order chi connectivity index (χ0) is 38.0. The molecular weight excluding hydrogens is 687 g/mol. The molecule has 10 aromatic carbocycles. The van der Waals surface area contributed by atoms with Gasteiger partial charge in [0.1, 0.15) is 0 Å². The first-order chi connectivity index (χ1) is 28.3. The van der Waals surface area contributed by atoms with E-state index in [1.807, 2.05) is 0 Å². The quantitative estimate of drug-likeness (QED) is 0.151. The summed E-state index contributed by atoms with van der Waals surface area (Å²) in [5.74, 6) is 0. The molecule has 0 amide bonds. The van der Waals surface area contributed by atoms with Crippen molar-refractivity contribution in [2.75, 3.05) is 4.90 Å². The first kappa shape index (κ1) is 34.0. The van der Waals surface area contributed by atoms with Gasteiger partial charge in [-0.05, 0) is 108 Å². The lowest BCUT2D eigenvalue weighted by Crippen LogP contribution is -2.11. The molecular formula is C56H39N. The van der Waals surface area contributed by atoms with Gasteiger partial charge in [-0.15, -0.1) is 0 Å². The molecule has 0 radical (unpaired) electrons. The highest BCUT2D eigenvalue weighted by Crippen LogP contribution is 2.43. The third-order valence-electron chi connectivity index (χ3n) is 11.1.